The quantitative estimate of drug-likeness (QED) is 0.678. The van der Waals surface area contributed by atoms with Crippen LogP contribution >= 0.6 is 15.9 Å². The highest BCUT2D eigenvalue weighted by molar-refractivity contribution is 9.10. The normalized spacial score (nSPS) is 10.3. The highest BCUT2D eigenvalue weighted by Crippen LogP contribution is 2.29. The lowest BCUT2D eigenvalue weighted by Crippen LogP contribution is -1.96. The minimum absolute atomic E-state index is 0.128. The van der Waals surface area contributed by atoms with Crippen LogP contribution in [0.1, 0.15) is 5.56 Å². The van der Waals surface area contributed by atoms with Crippen molar-refractivity contribution >= 4 is 21.6 Å². The first kappa shape index (κ1) is 14.4. The predicted molar refractivity (Wildman–Crippen MR) is 73.2 cm³/mol. The van der Waals surface area contributed by atoms with Gasteiger partial charge in [-0.25, -0.2) is 4.39 Å². The molecule has 0 bridgehead atoms. The number of aliphatic hydroxyl groups excluding tert-OH is 1. The van der Waals surface area contributed by atoms with Gasteiger partial charge in [-0.1, -0.05) is 15.9 Å². The molecule has 0 saturated carbocycles. The van der Waals surface area contributed by atoms with E-state index in [0.29, 0.717) is 4.47 Å². The highest BCUT2D eigenvalue weighted by Gasteiger charge is 2.14. The minimum atomic E-state index is -0.589. The standard InChI is InChI=1S/C13H9BrFNO4/c14-9-4-10(15)6-12(5-9)20-11-1-2-13(16(18)19)8(3-11)7-17/h1-6,17H,7H2. The summed E-state index contributed by atoms with van der Waals surface area (Å²) in [5.41, 5.74) is -0.0664. The molecule has 0 unspecified atom stereocenters. The van der Waals surface area contributed by atoms with E-state index in [1.807, 2.05) is 0 Å². The van der Waals surface area contributed by atoms with E-state index in [-0.39, 0.29) is 22.7 Å². The van der Waals surface area contributed by atoms with Crippen molar-refractivity contribution in [2.75, 3.05) is 0 Å². The molecule has 20 heavy (non-hydrogen) atoms. The van der Waals surface area contributed by atoms with Crippen molar-refractivity contribution in [2.24, 2.45) is 0 Å². The fourth-order valence-electron chi connectivity index (χ4n) is 1.65. The number of hydrogen-bond donors (Lipinski definition) is 1. The molecule has 2 rings (SSSR count). The van der Waals surface area contributed by atoms with Crippen LogP contribution in [0.5, 0.6) is 11.5 Å². The molecule has 0 aliphatic rings. The maximum Gasteiger partial charge on any atom is 0.275 e. The van der Waals surface area contributed by atoms with Crippen molar-refractivity contribution in [3.8, 4) is 11.5 Å². The molecule has 104 valence electrons. The lowest BCUT2D eigenvalue weighted by molar-refractivity contribution is -0.385. The number of benzene rings is 2. The Bertz CT molecular complexity index is 643. The van der Waals surface area contributed by atoms with Crippen molar-refractivity contribution in [3.05, 3.63) is 62.4 Å². The third kappa shape index (κ3) is 3.31. The van der Waals surface area contributed by atoms with Gasteiger partial charge < -0.3 is 9.84 Å². The molecule has 0 amide bonds. The van der Waals surface area contributed by atoms with Crippen LogP contribution in [0.25, 0.3) is 0 Å². The number of hydrogen-bond acceptors (Lipinski definition) is 4. The Morgan fingerprint density at radius 1 is 1.25 bits per heavy atom. The second kappa shape index (κ2) is 5.98. The van der Waals surface area contributed by atoms with Crippen molar-refractivity contribution in [2.45, 2.75) is 6.61 Å². The largest absolute Gasteiger partial charge is 0.457 e. The summed E-state index contributed by atoms with van der Waals surface area (Å²) in [5.74, 6) is 0.0467. The molecule has 0 atom stereocenters. The summed E-state index contributed by atoms with van der Waals surface area (Å²) in [4.78, 5) is 10.1. The van der Waals surface area contributed by atoms with Gasteiger partial charge in [0.05, 0.1) is 17.1 Å². The van der Waals surface area contributed by atoms with E-state index in [2.05, 4.69) is 15.9 Å². The minimum Gasteiger partial charge on any atom is -0.457 e. The molecule has 0 aromatic heterocycles. The summed E-state index contributed by atoms with van der Waals surface area (Å²) < 4.78 is 19.1. The summed E-state index contributed by atoms with van der Waals surface area (Å²) in [6.45, 7) is -0.486. The monoisotopic (exact) mass is 341 g/mol. The predicted octanol–water partition coefficient (Wildman–Crippen LogP) is 3.78. The summed E-state index contributed by atoms with van der Waals surface area (Å²) in [6, 6.07) is 7.98. The van der Waals surface area contributed by atoms with Gasteiger partial charge in [-0.2, -0.15) is 0 Å². The molecule has 2 aromatic carbocycles. The van der Waals surface area contributed by atoms with Gasteiger partial charge in [0.1, 0.15) is 17.3 Å². The van der Waals surface area contributed by atoms with Gasteiger partial charge in [0, 0.05) is 16.6 Å². The maximum atomic E-state index is 13.2. The molecule has 0 saturated heterocycles. The van der Waals surface area contributed by atoms with E-state index < -0.39 is 17.3 Å². The summed E-state index contributed by atoms with van der Waals surface area (Å²) in [7, 11) is 0. The third-order valence-electron chi connectivity index (χ3n) is 2.49. The molecular weight excluding hydrogens is 333 g/mol. The zero-order chi connectivity index (χ0) is 14.7. The molecule has 2 aromatic rings. The van der Waals surface area contributed by atoms with Gasteiger partial charge in [0.2, 0.25) is 0 Å². The Hall–Kier alpha value is -1.99. The number of nitro benzene ring substituents is 1. The van der Waals surface area contributed by atoms with Crippen LogP contribution in [0, 0.1) is 15.9 Å². The van der Waals surface area contributed by atoms with Crippen molar-refractivity contribution < 1.29 is 19.2 Å². The molecule has 0 spiro atoms. The molecule has 0 fully saturated rings. The highest BCUT2D eigenvalue weighted by atomic mass is 79.9. The van der Waals surface area contributed by atoms with Crippen LogP contribution in [0.15, 0.2) is 40.9 Å². The van der Waals surface area contributed by atoms with Gasteiger partial charge in [-0.3, -0.25) is 10.1 Å². The number of nitrogens with zero attached hydrogens (tertiary/aromatic N) is 1. The van der Waals surface area contributed by atoms with Crippen molar-refractivity contribution in [1.29, 1.82) is 0 Å². The first-order valence-electron chi connectivity index (χ1n) is 5.51. The van der Waals surface area contributed by atoms with E-state index in [4.69, 9.17) is 9.84 Å². The first-order valence-corrected chi connectivity index (χ1v) is 6.31. The lowest BCUT2D eigenvalue weighted by Gasteiger charge is -2.08. The Balaban J connectivity index is 2.32. The molecule has 0 aliphatic heterocycles. The van der Waals surface area contributed by atoms with Crippen LogP contribution < -0.4 is 4.74 Å². The molecular formula is C13H9BrFNO4. The number of rotatable bonds is 4. The molecule has 0 aliphatic carbocycles. The second-order valence-electron chi connectivity index (χ2n) is 3.91. The average molecular weight is 342 g/mol. The molecule has 7 heteroatoms. The van der Waals surface area contributed by atoms with Gasteiger partial charge in [0.25, 0.3) is 5.69 Å². The fourth-order valence-corrected chi connectivity index (χ4v) is 2.10. The van der Waals surface area contributed by atoms with E-state index in [9.17, 15) is 14.5 Å². The molecule has 0 radical (unpaired) electrons. The summed E-state index contributed by atoms with van der Waals surface area (Å²) >= 11 is 3.14. The zero-order valence-corrected chi connectivity index (χ0v) is 11.6. The van der Waals surface area contributed by atoms with E-state index in [1.165, 1.54) is 30.3 Å². The molecule has 0 heterocycles. The lowest BCUT2D eigenvalue weighted by atomic mass is 10.2. The second-order valence-corrected chi connectivity index (χ2v) is 4.83. The van der Waals surface area contributed by atoms with Crippen LogP contribution in [-0.2, 0) is 6.61 Å². The zero-order valence-electron chi connectivity index (χ0n) is 10.0. The SMILES string of the molecule is O=[N+]([O-])c1ccc(Oc2cc(F)cc(Br)c2)cc1CO. The van der Waals surface area contributed by atoms with Crippen molar-refractivity contribution in [1.82, 2.24) is 0 Å². The van der Waals surface area contributed by atoms with E-state index in [1.54, 1.807) is 6.07 Å². The van der Waals surface area contributed by atoms with E-state index in [0.717, 1.165) is 0 Å². The first-order chi connectivity index (χ1) is 9.49. The van der Waals surface area contributed by atoms with E-state index >= 15 is 0 Å². The fraction of sp³-hybridized carbons (Fsp3) is 0.0769. The smallest absolute Gasteiger partial charge is 0.275 e. The number of nitro groups is 1. The van der Waals surface area contributed by atoms with Crippen LogP contribution in [0.4, 0.5) is 10.1 Å². The van der Waals surface area contributed by atoms with Crippen molar-refractivity contribution in [3.63, 3.8) is 0 Å². The Morgan fingerprint density at radius 3 is 2.60 bits per heavy atom. The van der Waals surface area contributed by atoms with Gasteiger partial charge in [-0.15, -0.1) is 0 Å². The van der Waals surface area contributed by atoms with Crippen LogP contribution in [0.3, 0.4) is 0 Å². The third-order valence-corrected chi connectivity index (χ3v) is 2.95. The summed E-state index contributed by atoms with van der Waals surface area (Å²) in [5, 5.41) is 19.9. The number of ether oxygens (including phenoxy) is 1. The average Bonchev–Trinajstić information content (AvgIpc) is 2.37. The number of halogens is 2. The van der Waals surface area contributed by atoms with Crippen LogP contribution in [-0.4, -0.2) is 10.0 Å². The maximum absolute atomic E-state index is 13.2. The molecule has 1 N–H and O–H groups in total. The van der Waals surface area contributed by atoms with Gasteiger partial charge >= 0.3 is 0 Å². The number of aliphatic hydroxyl groups is 1. The summed E-state index contributed by atoms with van der Waals surface area (Å²) in [6.07, 6.45) is 0. The topological polar surface area (TPSA) is 72.6 Å². The molecule has 5 nitrogen and oxygen atoms in total. The Kier molecular flexibility index (Phi) is 4.31. The Morgan fingerprint density at radius 2 is 2.00 bits per heavy atom. The van der Waals surface area contributed by atoms with Crippen LogP contribution in [0.2, 0.25) is 0 Å². The van der Waals surface area contributed by atoms with Gasteiger partial charge in [0.15, 0.2) is 0 Å². The van der Waals surface area contributed by atoms with Gasteiger partial charge in [-0.05, 0) is 24.3 Å². The Labute approximate surface area is 121 Å².